The minimum atomic E-state index is -0.934. The maximum Gasteiger partial charge on any atom is 0.326 e. The first-order chi connectivity index (χ1) is 11.6. The highest BCUT2D eigenvalue weighted by atomic mass is 16.5. The molecule has 1 amide bonds. The first kappa shape index (κ1) is 16.3. The van der Waals surface area contributed by atoms with Gasteiger partial charge in [-0.15, -0.1) is 0 Å². The van der Waals surface area contributed by atoms with E-state index >= 15 is 0 Å². The van der Waals surface area contributed by atoms with Crippen LogP contribution in [0.1, 0.15) is 37.7 Å². The van der Waals surface area contributed by atoms with Crippen LogP contribution in [0.5, 0.6) is 5.75 Å². The van der Waals surface area contributed by atoms with E-state index in [0.29, 0.717) is 23.7 Å². The maximum atomic E-state index is 12.6. The molecule has 1 aliphatic carbocycles. The van der Waals surface area contributed by atoms with Gasteiger partial charge in [-0.25, -0.2) is 4.79 Å². The van der Waals surface area contributed by atoms with Crippen molar-refractivity contribution in [2.24, 2.45) is 5.92 Å². The van der Waals surface area contributed by atoms with E-state index in [2.05, 4.69) is 0 Å². The third-order valence-electron chi connectivity index (χ3n) is 5.01. The number of hydrogen-bond acceptors (Lipinski definition) is 4. The Morgan fingerprint density at radius 3 is 2.62 bits per heavy atom. The fourth-order valence-corrected chi connectivity index (χ4v) is 3.88. The number of hydrogen-bond donors (Lipinski definition) is 1. The number of carboxylic acids is 1. The normalized spacial score (nSPS) is 25.6. The van der Waals surface area contributed by atoms with Gasteiger partial charge in [0.2, 0.25) is 0 Å². The molecule has 0 radical (unpaired) electrons. The highest BCUT2D eigenvalue weighted by Crippen LogP contribution is 2.39. The van der Waals surface area contributed by atoms with Crippen molar-refractivity contribution in [2.45, 2.75) is 44.2 Å². The average Bonchev–Trinajstić information content (AvgIpc) is 3.00. The summed E-state index contributed by atoms with van der Waals surface area (Å²) in [6, 6.07) is 7.80. The Hall–Kier alpha value is -2.55. The number of carboxylic acid groups (broad SMARTS) is 1. The molecule has 1 N–H and O–H groups in total. The van der Waals surface area contributed by atoms with Crippen LogP contribution in [0, 0.1) is 17.2 Å². The molecule has 1 aromatic carbocycles. The fourth-order valence-electron chi connectivity index (χ4n) is 3.88. The predicted molar refractivity (Wildman–Crippen MR) is 85.3 cm³/mol. The smallest absolute Gasteiger partial charge is 0.326 e. The molecule has 1 aliphatic heterocycles. The van der Waals surface area contributed by atoms with Gasteiger partial charge in [-0.3, -0.25) is 4.79 Å². The van der Waals surface area contributed by atoms with E-state index in [1.165, 1.54) is 4.90 Å². The van der Waals surface area contributed by atoms with Crippen molar-refractivity contribution in [3.63, 3.8) is 0 Å². The lowest BCUT2D eigenvalue weighted by Crippen LogP contribution is -2.48. The zero-order valence-electron chi connectivity index (χ0n) is 13.4. The molecule has 2 fully saturated rings. The van der Waals surface area contributed by atoms with Crippen molar-refractivity contribution in [3.05, 3.63) is 29.8 Å². The number of rotatable bonds is 4. The Morgan fingerprint density at radius 1 is 1.25 bits per heavy atom. The SMILES string of the molecule is N#Cc1ccc(OCC(=O)N2C(C(=O)O)CC3CCCCC32)cc1. The van der Waals surface area contributed by atoms with E-state index in [9.17, 15) is 14.7 Å². The second-order valence-corrected chi connectivity index (χ2v) is 6.43. The molecular weight excluding hydrogens is 308 g/mol. The van der Waals surface area contributed by atoms with Crippen LogP contribution in [0.15, 0.2) is 24.3 Å². The summed E-state index contributed by atoms with van der Waals surface area (Å²) in [7, 11) is 0. The third-order valence-corrected chi connectivity index (χ3v) is 5.01. The van der Waals surface area contributed by atoms with Crippen LogP contribution in [-0.2, 0) is 9.59 Å². The molecule has 2 aliphatic rings. The largest absolute Gasteiger partial charge is 0.484 e. The molecule has 6 heteroatoms. The first-order valence-electron chi connectivity index (χ1n) is 8.27. The molecule has 126 valence electrons. The number of ether oxygens (including phenoxy) is 1. The summed E-state index contributed by atoms with van der Waals surface area (Å²) in [5.74, 6) is -0.426. The Morgan fingerprint density at radius 2 is 1.96 bits per heavy atom. The second-order valence-electron chi connectivity index (χ2n) is 6.43. The average molecular weight is 328 g/mol. The van der Waals surface area contributed by atoms with Crippen LogP contribution in [0.4, 0.5) is 0 Å². The number of carbonyl (C=O) groups excluding carboxylic acids is 1. The Balaban J connectivity index is 1.67. The van der Waals surface area contributed by atoms with Gasteiger partial charge >= 0.3 is 5.97 Å². The van der Waals surface area contributed by atoms with Crippen LogP contribution >= 0.6 is 0 Å². The van der Waals surface area contributed by atoms with Crippen LogP contribution in [-0.4, -0.2) is 40.6 Å². The molecule has 0 spiro atoms. The molecule has 24 heavy (non-hydrogen) atoms. The molecule has 1 heterocycles. The predicted octanol–water partition coefficient (Wildman–Crippen LogP) is 2.18. The van der Waals surface area contributed by atoms with Crippen molar-refractivity contribution in [3.8, 4) is 11.8 Å². The molecule has 1 saturated carbocycles. The van der Waals surface area contributed by atoms with Crippen LogP contribution in [0.3, 0.4) is 0 Å². The minimum absolute atomic E-state index is 0.0249. The van der Waals surface area contributed by atoms with E-state index in [0.717, 1.165) is 25.7 Å². The third kappa shape index (κ3) is 3.21. The summed E-state index contributed by atoms with van der Waals surface area (Å²) < 4.78 is 5.49. The second kappa shape index (κ2) is 6.91. The van der Waals surface area contributed by atoms with Gasteiger partial charge in [0, 0.05) is 6.04 Å². The van der Waals surface area contributed by atoms with Gasteiger partial charge in [-0.2, -0.15) is 5.26 Å². The fraction of sp³-hybridized carbons (Fsp3) is 0.500. The van der Waals surface area contributed by atoms with Crippen LogP contribution < -0.4 is 4.74 Å². The molecule has 3 atom stereocenters. The molecule has 3 rings (SSSR count). The van der Waals surface area contributed by atoms with Crippen molar-refractivity contribution >= 4 is 11.9 Å². The number of carbonyl (C=O) groups is 2. The Bertz CT molecular complexity index is 665. The van der Waals surface area contributed by atoms with E-state index in [-0.39, 0.29) is 18.6 Å². The van der Waals surface area contributed by atoms with Gasteiger partial charge in [0.25, 0.3) is 5.91 Å². The van der Waals surface area contributed by atoms with Gasteiger partial charge in [0.05, 0.1) is 11.6 Å². The first-order valence-corrected chi connectivity index (χ1v) is 8.27. The van der Waals surface area contributed by atoms with E-state index in [1.807, 2.05) is 6.07 Å². The zero-order chi connectivity index (χ0) is 17.1. The molecule has 1 saturated heterocycles. The van der Waals surface area contributed by atoms with Gasteiger partial charge in [0.1, 0.15) is 11.8 Å². The summed E-state index contributed by atoms with van der Waals surface area (Å²) in [5, 5.41) is 18.2. The number of amides is 1. The van der Waals surface area contributed by atoms with Crippen molar-refractivity contribution < 1.29 is 19.4 Å². The van der Waals surface area contributed by atoms with Crippen LogP contribution in [0.2, 0.25) is 0 Å². The number of likely N-dealkylation sites (tertiary alicyclic amines) is 1. The minimum Gasteiger partial charge on any atom is -0.484 e. The van der Waals surface area contributed by atoms with Crippen molar-refractivity contribution in [2.75, 3.05) is 6.61 Å². The standard InChI is InChI=1S/C18H20N2O4/c19-10-12-5-7-14(8-6-12)24-11-17(21)20-15-4-2-1-3-13(15)9-16(20)18(22)23/h5-8,13,15-16H,1-4,9,11H2,(H,22,23). The molecule has 0 aromatic heterocycles. The van der Waals surface area contributed by atoms with Crippen LogP contribution in [0.25, 0.3) is 0 Å². The van der Waals surface area contributed by atoms with Crippen molar-refractivity contribution in [1.82, 2.24) is 4.90 Å². The number of nitrogens with zero attached hydrogens (tertiary/aromatic N) is 2. The molecular formula is C18H20N2O4. The number of fused-ring (bicyclic) bond motifs is 1. The summed E-state index contributed by atoms with van der Waals surface area (Å²) in [4.78, 5) is 25.7. The summed E-state index contributed by atoms with van der Waals surface area (Å²) >= 11 is 0. The maximum absolute atomic E-state index is 12.6. The zero-order valence-corrected chi connectivity index (χ0v) is 13.4. The number of benzene rings is 1. The lowest BCUT2D eigenvalue weighted by molar-refractivity contribution is -0.150. The van der Waals surface area contributed by atoms with Crippen molar-refractivity contribution in [1.29, 1.82) is 5.26 Å². The van der Waals surface area contributed by atoms with Gasteiger partial charge in [-0.1, -0.05) is 12.8 Å². The summed E-state index contributed by atoms with van der Waals surface area (Å²) in [5.41, 5.74) is 0.518. The number of nitriles is 1. The lowest BCUT2D eigenvalue weighted by atomic mass is 9.85. The quantitative estimate of drug-likeness (QED) is 0.915. The highest BCUT2D eigenvalue weighted by molar-refractivity contribution is 5.85. The van der Waals surface area contributed by atoms with E-state index in [1.54, 1.807) is 24.3 Å². The Kier molecular flexibility index (Phi) is 4.70. The molecule has 1 aromatic rings. The summed E-state index contributed by atoms with van der Waals surface area (Å²) in [6.07, 6.45) is 4.55. The summed E-state index contributed by atoms with van der Waals surface area (Å²) in [6.45, 7) is -0.182. The topological polar surface area (TPSA) is 90.6 Å². The lowest BCUT2D eigenvalue weighted by Gasteiger charge is -2.32. The number of aliphatic carboxylic acids is 1. The van der Waals surface area contributed by atoms with E-state index in [4.69, 9.17) is 10.00 Å². The molecule has 0 bridgehead atoms. The van der Waals surface area contributed by atoms with Gasteiger partial charge < -0.3 is 14.7 Å². The molecule has 3 unspecified atom stereocenters. The van der Waals surface area contributed by atoms with Gasteiger partial charge in [-0.05, 0) is 49.4 Å². The Labute approximate surface area is 140 Å². The highest BCUT2D eigenvalue weighted by Gasteiger charge is 2.47. The molecule has 6 nitrogen and oxygen atoms in total. The van der Waals surface area contributed by atoms with E-state index < -0.39 is 12.0 Å². The monoisotopic (exact) mass is 328 g/mol. The van der Waals surface area contributed by atoms with Gasteiger partial charge in [0.15, 0.2) is 6.61 Å².